The van der Waals surface area contributed by atoms with Crippen LogP contribution in [0.3, 0.4) is 0 Å². The maximum atomic E-state index is 13.7. The number of fused-ring (bicyclic) bond motifs is 1. The van der Waals surface area contributed by atoms with Crippen LogP contribution in [0, 0.1) is 0 Å². The second kappa shape index (κ2) is 9.91. The molecule has 1 saturated heterocycles. The van der Waals surface area contributed by atoms with Gasteiger partial charge in [0.15, 0.2) is 11.2 Å². The number of anilines is 1. The van der Waals surface area contributed by atoms with Gasteiger partial charge >= 0.3 is 11.7 Å². The zero-order chi connectivity index (χ0) is 25.3. The normalized spacial score (nSPS) is 16.0. The Kier molecular flexibility index (Phi) is 6.93. The van der Waals surface area contributed by atoms with E-state index in [-0.39, 0.29) is 24.6 Å². The summed E-state index contributed by atoms with van der Waals surface area (Å²) < 4.78 is 4.43. The smallest absolute Gasteiger partial charge is 0.335 e. The van der Waals surface area contributed by atoms with Crippen LogP contribution in [-0.2, 0) is 26.6 Å². The first-order valence-corrected chi connectivity index (χ1v) is 11.8. The molecule has 0 saturated carbocycles. The van der Waals surface area contributed by atoms with Gasteiger partial charge in [0.1, 0.15) is 0 Å². The lowest BCUT2D eigenvalue weighted by Gasteiger charge is -2.31. The van der Waals surface area contributed by atoms with E-state index in [4.69, 9.17) is 10.7 Å². The minimum absolute atomic E-state index is 0.0234. The third-order valence-electron chi connectivity index (χ3n) is 6.49. The van der Waals surface area contributed by atoms with Crippen molar-refractivity contribution in [2.45, 2.75) is 52.2 Å². The molecule has 0 aliphatic carbocycles. The summed E-state index contributed by atoms with van der Waals surface area (Å²) in [4.78, 5) is 45.3. The van der Waals surface area contributed by atoms with E-state index in [2.05, 4.69) is 4.90 Å². The molecule has 1 aromatic carbocycles. The van der Waals surface area contributed by atoms with E-state index >= 15 is 0 Å². The van der Waals surface area contributed by atoms with E-state index in [0.717, 1.165) is 25.0 Å². The van der Waals surface area contributed by atoms with Crippen LogP contribution < -0.4 is 21.9 Å². The molecule has 0 spiro atoms. The fraction of sp³-hybridized carbons (Fsp3) is 0.440. The summed E-state index contributed by atoms with van der Waals surface area (Å²) in [5, 5.41) is 9.48. The summed E-state index contributed by atoms with van der Waals surface area (Å²) >= 11 is 0. The van der Waals surface area contributed by atoms with Crippen LogP contribution in [0.15, 0.2) is 45.5 Å². The number of aromatic nitrogens is 4. The number of allylic oxidation sites excluding steroid dienone is 2. The number of aryl methyl sites for hydroxylation is 2. The highest BCUT2D eigenvalue weighted by atomic mass is 16.4. The number of hydrogen-bond donors (Lipinski definition) is 2. The number of carboxylic acids is 1. The average molecular weight is 481 g/mol. The molecule has 2 aromatic heterocycles. The lowest BCUT2D eigenvalue weighted by atomic mass is 10.0. The van der Waals surface area contributed by atoms with E-state index in [9.17, 15) is 19.5 Å². The van der Waals surface area contributed by atoms with Crippen LogP contribution in [0.1, 0.15) is 42.6 Å². The van der Waals surface area contributed by atoms with Crippen molar-refractivity contribution in [3.8, 4) is 0 Å². The van der Waals surface area contributed by atoms with Gasteiger partial charge in [-0.05, 0) is 44.7 Å². The largest absolute Gasteiger partial charge is 0.478 e. The maximum absolute atomic E-state index is 13.7. The monoisotopic (exact) mass is 480 g/mol. The van der Waals surface area contributed by atoms with Crippen molar-refractivity contribution in [1.29, 1.82) is 0 Å². The molecule has 186 valence electrons. The molecule has 3 heterocycles. The fourth-order valence-electron chi connectivity index (χ4n) is 4.62. The molecule has 1 fully saturated rings. The Morgan fingerprint density at radius 3 is 2.66 bits per heavy atom. The molecule has 3 N–H and O–H groups in total. The number of aromatic carboxylic acids is 1. The summed E-state index contributed by atoms with van der Waals surface area (Å²) in [5.41, 5.74) is 7.81. The highest BCUT2D eigenvalue weighted by Gasteiger charge is 2.26. The minimum Gasteiger partial charge on any atom is -0.478 e. The molecule has 3 aromatic rings. The van der Waals surface area contributed by atoms with Gasteiger partial charge in [-0.25, -0.2) is 9.59 Å². The van der Waals surface area contributed by atoms with Gasteiger partial charge in [0, 0.05) is 39.3 Å². The van der Waals surface area contributed by atoms with Gasteiger partial charge in [0.25, 0.3) is 5.56 Å². The van der Waals surface area contributed by atoms with Crippen LogP contribution >= 0.6 is 0 Å². The van der Waals surface area contributed by atoms with Crippen molar-refractivity contribution < 1.29 is 9.90 Å². The third-order valence-corrected chi connectivity index (χ3v) is 6.49. The number of rotatable bonds is 7. The Morgan fingerprint density at radius 2 is 1.97 bits per heavy atom. The Hall–Kier alpha value is -3.66. The summed E-state index contributed by atoms with van der Waals surface area (Å²) in [5.74, 6) is -0.408. The van der Waals surface area contributed by atoms with Crippen molar-refractivity contribution in [3.05, 3.63) is 67.9 Å². The molecule has 0 amide bonds. The predicted octanol–water partition coefficient (Wildman–Crippen LogP) is 1.73. The number of carboxylic acid groups (broad SMARTS) is 1. The van der Waals surface area contributed by atoms with Gasteiger partial charge in [-0.1, -0.05) is 29.8 Å². The van der Waals surface area contributed by atoms with Crippen LogP contribution in [0.5, 0.6) is 0 Å². The van der Waals surface area contributed by atoms with Gasteiger partial charge in [0.2, 0.25) is 5.95 Å². The van der Waals surface area contributed by atoms with Crippen molar-refractivity contribution in [2.75, 3.05) is 18.0 Å². The number of nitrogens with zero attached hydrogens (tertiary/aromatic N) is 5. The highest BCUT2D eigenvalue weighted by Crippen LogP contribution is 2.23. The third kappa shape index (κ3) is 4.79. The zero-order valence-corrected chi connectivity index (χ0v) is 20.4. The van der Waals surface area contributed by atoms with Crippen molar-refractivity contribution in [1.82, 2.24) is 18.7 Å². The van der Waals surface area contributed by atoms with Gasteiger partial charge in [0.05, 0.1) is 5.56 Å². The van der Waals surface area contributed by atoms with E-state index < -0.39 is 17.2 Å². The quantitative estimate of drug-likeness (QED) is 0.493. The van der Waals surface area contributed by atoms with Crippen molar-refractivity contribution in [2.24, 2.45) is 12.8 Å². The predicted molar refractivity (Wildman–Crippen MR) is 135 cm³/mol. The first-order valence-electron chi connectivity index (χ1n) is 11.8. The molecule has 0 radical (unpaired) electrons. The van der Waals surface area contributed by atoms with E-state index in [1.54, 1.807) is 25.2 Å². The number of imidazole rings is 1. The first kappa shape index (κ1) is 24.5. The summed E-state index contributed by atoms with van der Waals surface area (Å²) in [6.45, 7) is 5.89. The minimum atomic E-state index is -1.04. The van der Waals surface area contributed by atoms with Gasteiger partial charge < -0.3 is 20.3 Å². The van der Waals surface area contributed by atoms with Gasteiger partial charge in [-0.15, -0.1) is 0 Å². The highest BCUT2D eigenvalue weighted by molar-refractivity contribution is 5.89. The Morgan fingerprint density at radius 1 is 1.23 bits per heavy atom. The van der Waals surface area contributed by atoms with Gasteiger partial charge in [-0.2, -0.15) is 4.98 Å². The number of piperidine rings is 1. The van der Waals surface area contributed by atoms with Crippen LogP contribution in [0.2, 0.25) is 0 Å². The topological polar surface area (TPSA) is 128 Å². The molecule has 1 unspecified atom stereocenters. The second-order valence-corrected chi connectivity index (χ2v) is 9.34. The molecule has 0 bridgehead atoms. The van der Waals surface area contributed by atoms with E-state index in [0.29, 0.717) is 35.8 Å². The molecule has 1 atom stereocenters. The standard InChI is InChI=1S/C25H32N6O4/c1-16(2)10-13-30-20-21(27-24(30)29-12-6-8-18(26)15-29)28(3)25(35)31(22(20)32)14-11-17-7-4-5-9-19(17)23(33)34/h4-5,7,9-10,18H,6,8,11-15,26H2,1-3H3,(H,33,34). The van der Waals surface area contributed by atoms with E-state index in [1.807, 2.05) is 24.5 Å². The number of nitrogens with two attached hydrogens (primary N) is 1. The first-order chi connectivity index (χ1) is 16.7. The molecule has 1 aliphatic rings. The SMILES string of the molecule is CC(C)=CCn1c(N2CCCC(N)C2)nc2c1c(=O)n(CCc1ccccc1C(=O)O)c(=O)n2C. The average Bonchev–Trinajstić information content (AvgIpc) is 3.21. The zero-order valence-electron chi connectivity index (χ0n) is 20.4. The fourth-order valence-corrected chi connectivity index (χ4v) is 4.62. The maximum Gasteiger partial charge on any atom is 0.335 e. The second-order valence-electron chi connectivity index (χ2n) is 9.34. The van der Waals surface area contributed by atoms with Crippen molar-refractivity contribution in [3.63, 3.8) is 0 Å². The summed E-state index contributed by atoms with van der Waals surface area (Å²) in [7, 11) is 1.61. The van der Waals surface area contributed by atoms with Gasteiger partial charge in [-0.3, -0.25) is 13.9 Å². The number of benzene rings is 1. The molecule has 10 nitrogen and oxygen atoms in total. The van der Waals surface area contributed by atoms with Crippen LogP contribution in [0.25, 0.3) is 11.2 Å². The molecule has 4 rings (SSSR count). The summed E-state index contributed by atoms with van der Waals surface area (Å²) in [6, 6.07) is 6.64. The molecule has 35 heavy (non-hydrogen) atoms. The lowest BCUT2D eigenvalue weighted by molar-refractivity contribution is 0.0695. The molecular weight excluding hydrogens is 448 g/mol. The number of hydrogen-bond acceptors (Lipinski definition) is 6. The molecular formula is C25H32N6O4. The molecule has 10 heteroatoms. The van der Waals surface area contributed by atoms with E-state index in [1.165, 1.54) is 15.2 Å². The summed E-state index contributed by atoms with van der Waals surface area (Å²) in [6.07, 6.45) is 4.12. The van der Waals surface area contributed by atoms with Crippen LogP contribution in [-0.4, -0.2) is 48.9 Å². The van der Waals surface area contributed by atoms with Crippen LogP contribution in [0.4, 0.5) is 5.95 Å². The number of carbonyl (C=O) groups is 1. The Balaban J connectivity index is 1.84. The lowest BCUT2D eigenvalue weighted by Crippen LogP contribution is -2.44. The Labute approximate surface area is 202 Å². The molecule has 1 aliphatic heterocycles. The van der Waals surface area contributed by atoms with Crippen molar-refractivity contribution >= 4 is 23.1 Å². The Bertz CT molecular complexity index is 1410.